The van der Waals surface area contributed by atoms with Crippen molar-refractivity contribution in [3.05, 3.63) is 82.4 Å². The van der Waals surface area contributed by atoms with Gasteiger partial charge in [0.05, 0.1) is 29.3 Å². The minimum atomic E-state index is -0.431. The Bertz CT molecular complexity index is 1170. The summed E-state index contributed by atoms with van der Waals surface area (Å²) in [5, 5.41) is 15.3. The third-order valence-corrected chi connectivity index (χ3v) is 5.84. The number of nitrogens with zero attached hydrogens (tertiary/aromatic N) is 3. The van der Waals surface area contributed by atoms with Crippen molar-refractivity contribution >= 4 is 29.0 Å². The predicted molar refractivity (Wildman–Crippen MR) is 124 cm³/mol. The van der Waals surface area contributed by atoms with Gasteiger partial charge in [-0.3, -0.25) is 19.9 Å². The number of nitro groups is 1. The van der Waals surface area contributed by atoms with E-state index in [9.17, 15) is 14.9 Å². The Morgan fingerprint density at radius 3 is 2.76 bits per heavy atom. The fraction of sp³-hybridized carbons (Fsp3) is 0.261. The Morgan fingerprint density at radius 1 is 1.24 bits per heavy atom. The van der Waals surface area contributed by atoms with Crippen LogP contribution >= 0.6 is 12.2 Å². The smallest absolute Gasteiger partial charge is 0.305 e. The summed E-state index contributed by atoms with van der Waals surface area (Å²) in [5.74, 6) is 0.691. The van der Waals surface area contributed by atoms with Crippen molar-refractivity contribution in [2.24, 2.45) is 0 Å². The first-order chi connectivity index (χ1) is 16.0. The number of carbonyl (C=O) groups is 1. The lowest BCUT2D eigenvalue weighted by Crippen LogP contribution is -2.30. The van der Waals surface area contributed by atoms with Gasteiger partial charge in [0.15, 0.2) is 5.11 Å². The molecule has 2 atom stereocenters. The largest absolute Gasteiger partial charge is 0.469 e. The molecule has 4 rings (SSSR count). The van der Waals surface area contributed by atoms with Crippen molar-refractivity contribution in [1.82, 2.24) is 15.2 Å². The Labute approximate surface area is 195 Å². The first-order valence-corrected chi connectivity index (χ1v) is 10.8. The monoisotopic (exact) mass is 466 g/mol. The molecule has 9 nitrogen and oxygen atoms in total. The van der Waals surface area contributed by atoms with Gasteiger partial charge in [0.1, 0.15) is 17.6 Å². The highest BCUT2D eigenvalue weighted by molar-refractivity contribution is 7.80. The molecule has 1 aromatic carbocycles. The van der Waals surface area contributed by atoms with Gasteiger partial charge in [0.2, 0.25) is 0 Å². The van der Waals surface area contributed by atoms with Crippen molar-refractivity contribution in [3.8, 4) is 11.3 Å². The summed E-state index contributed by atoms with van der Waals surface area (Å²) >= 11 is 5.60. The second kappa shape index (κ2) is 9.78. The van der Waals surface area contributed by atoms with Crippen LogP contribution in [0.4, 0.5) is 5.69 Å². The van der Waals surface area contributed by atoms with E-state index in [1.165, 1.54) is 13.2 Å². The molecule has 0 saturated carbocycles. The number of methoxy groups -OCH3 is 1. The number of furan rings is 1. The van der Waals surface area contributed by atoms with Crippen LogP contribution in [0.2, 0.25) is 0 Å². The van der Waals surface area contributed by atoms with Crippen molar-refractivity contribution in [2.75, 3.05) is 13.7 Å². The maximum Gasteiger partial charge on any atom is 0.305 e. The minimum Gasteiger partial charge on any atom is -0.469 e. The summed E-state index contributed by atoms with van der Waals surface area (Å²) < 4.78 is 10.9. The van der Waals surface area contributed by atoms with Gasteiger partial charge in [-0.2, -0.15) is 0 Å². The maximum atomic E-state index is 11.6. The molecule has 3 aromatic rings. The SMILES string of the molecule is COC(=O)CCCN1C(=S)NC(c2ccccn2)C1c1ccc(-c2ccccc2[N+](=O)[O-])o1. The number of nitrogens with one attached hydrogen (secondary N) is 1. The summed E-state index contributed by atoms with van der Waals surface area (Å²) in [5.41, 5.74) is 1.15. The van der Waals surface area contributed by atoms with E-state index in [0.717, 1.165) is 5.69 Å². The summed E-state index contributed by atoms with van der Waals surface area (Å²) in [6.45, 7) is 0.496. The number of thiocarbonyl (C=S) groups is 1. The Hall–Kier alpha value is -3.79. The van der Waals surface area contributed by atoms with Crippen molar-refractivity contribution < 1.29 is 18.9 Å². The van der Waals surface area contributed by atoms with Crippen molar-refractivity contribution in [3.63, 3.8) is 0 Å². The van der Waals surface area contributed by atoms with Crippen LogP contribution in [0.5, 0.6) is 0 Å². The molecule has 2 aromatic heterocycles. The molecule has 0 spiro atoms. The average Bonchev–Trinajstić information content (AvgIpc) is 3.44. The van der Waals surface area contributed by atoms with Crippen LogP contribution in [-0.4, -0.2) is 39.5 Å². The lowest BCUT2D eigenvalue weighted by atomic mass is 10.0. The standard InChI is InChI=1S/C23H22N4O5S/c1-31-20(28)10-6-14-26-22(21(25-23(26)33)16-8-4-5-13-24-16)19-12-11-18(32-19)15-7-2-3-9-17(15)27(29)30/h2-5,7-9,11-13,21-22H,6,10,14H2,1H3,(H,25,33). The first kappa shape index (κ1) is 22.4. The summed E-state index contributed by atoms with van der Waals surface area (Å²) in [4.78, 5) is 29.1. The number of ether oxygens (including phenoxy) is 1. The number of esters is 1. The molecule has 3 heterocycles. The number of para-hydroxylation sites is 1. The van der Waals surface area contributed by atoms with Crippen molar-refractivity contribution in [1.29, 1.82) is 0 Å². The number of carbonyl (C=O) groups excluding carboxylic acids is 1. The maximum absolute atomic E-state index is 11.6. The van der Waals surface area contributed by atoms with Crippen LogP contribution in [0.1, 0.15) is 36.4 Å². The topological polar surface area (TPSA) is 111 Å². The lowest BCUT2D eigenvalue weighted by molar-refractivity contribution is -0.384. The van der Waals surface area contributed by atoms with Crippen LogP contribution in [0.15, 0.2) is 65.2 Å². The van der Waals surface area contributed by atoms with E-state index in [1.54, 1.807) is 36.5 Å². The van der Waals surface area contributed by atoms with E-state index >= 15 is 0 Å². The molecule has 1 aliphatic heterocycles. The lowest BCUT2D eigenvalue weighted by Gasteiger charge is -2.25. The number of rotatable bonds is 8. The number of hydrogen-bond donors (Lipinski definition) is 1. The molecule has 1 fully saturated rings. The summed E-state index contributed by atoms with van der Waals surface area (Å²) in [6, 6.07) is 15.0. The molecule has 0 aliphatic carbocycles. The summed E-state index contributed by atoms with van der Waals surface area (Å²) in [6.07, 6.45) is 2.51. The van der Waals surface area contributed by atoms with Crippen LogP contribution in [0.25, 0.3) is 11.3 Å². The zero-order valence-electron chi connectivity index (χ0n) is 17.8. The predicted octanol–water partition coefficient (Wildman–Crippen LogP) is 4.18. The molecule has 1 aliphatic rings. The number of aromatic nitrogens is 1. The van der Waals surface area contributed by atoms with Crippen LogP contribution in [0.3, 0.4) is 0 Å². The van der Waals surface area contributed by atoms with Gasteiger partial charge < -0.3 is 19.4 Å². The van der Waals surface area contributed by atoms with E-state index in [4.69, 9.17) is 21.4 Å². The quantitative estimate of drug-likeness (QED) is 0.226. The van der Waals surface area contributed by atoms with E-state index in [1.807, 2.05) is 23.1 Å². The fourth-order valence-corrected chi connectivity index (χ4v) is 4.28. The molecule has 33 heavy (non-hydrogen) atoms. The van der Waals surface area contributed by atoms with Crippen molar-refractivity contribution in [2.45, 2.75) is 24.9 Å². The van der Waals surface area contributed by atoms with E-state index in [2.05, 4.69) is 10.3 Å². The van der Waals surface area contributed by atoms with Gasteiger partial charge in [-0.25, -0.2) is 0 Å². The molecule has 10 heteroatoms. The average molecular weight is 467 g/mol. The Balaban J connectivity index is 1.68. The molecule has 1 saturated heterocycles. The highest BCUT2D eigenvalue weighted by Gasteiger charge is 2.41. The van der Waals surface area contributed by atoms with Crippen LogP contribution < -0.4 is 5.32 Å². The second-order valence-corrected chi connectivity index (χ2v) is 7.86. The van der Waals surface area contributed by atoms with E-state index < -0.39 is 4.92 Å². The highest BCUT2D eigenvalue weighted by Crippen LogP contribution is 2.41. The number of nitro benzene ring substituents is 1. The molecule has 0 amide bonds. The van der Waals surface area contributed by atoms with Gasteiger partial charge in [-0.15, -0.1) is 0 Å². The molecule has 0 radical (unpaired) electrons. The molecular formula is C23H22N4O5S. The first-order valence-electron chi connectivity index (χ1n) is 10.4. The fourth-order valence-electron chi connectivity index (χ4n) is 3.95. The van der Waals surface area contributed by atoms with Crippen LogP contribution in [-0.2, 0) is 9.53 Å². The third-order valence-electron chi connectivity index (χ3n) is 5.49. The molecule has 2 unspecified atom stereocenters. The van der Waals surface area contributed by atoms with Gasteiger partial charge in [0, 0.05) is 25.2 Å². The minimum absolute atomic E-state index is 0.0327. The highest BCUT2D eigenvalue weighted by atomic mass is 32.1. The number of pyridine rings is 1. The molecule has 0 bridgehead atoms. The molecule has 170 valence electrons. The van der Waals surface area contributed by atoms with Gasteiger partial charge in [0.25, 0.3) is 5.69 Å². The second-order valence-electron chi connectivity index (χ2n) is 7.48. The molecular weight excluding hydrogens is 444 g/mol. The zero-order chi connectivity index (χ0) is 23.4. The normalized spacial score (nSPS) is 17.6. The Morgan fingerprint density at radius 2 is 2.03 bits per heavy atom. The van der Waals surface area contributed by atoms with Crippen LogP contribution in [0, 0.1) is 10.1 Å². The van der Waals surface area contributed by atoms with Gasteiger partial charge in [-0.1, -0.05) is 18.2 Å². The number of hydrogen-bond acceptors (Lipinski definition) is 7. The number of benzene rings is 1. The summed E-state index contributed by atoms with van der Waals surface area (Å²) in [7, 11) is 1.36. The van der Waals surface area contributed by atoms with E-state index in [0.29, 0.717) is 35.2 Å². The van der Waals surface area contributed by atoms with Gasteiger partial charge in [-0.05, 0) is 49.0 Å². The molecule has 1 N–H and O–H groups in total. The third kappa shape index (κ3) is 4.70. The zero-order valence-corrected chi connectivity index (χ0v) is 18.7. The van der Waals surface area contributed by atoms with E-state index in [-0.39, 0.29) is 30.2 Å². The van der Waals surface area contributed by atoms with Gasteiger partial charge >= 0.3 is 5.97 Å². The Kier molecular flexibility index (Phi) is 6.64.